The summed E-state index contributed by atoms with van der Waals surface area (Å²) in [6.45, 7) is 2.53. The zero-order valence-corrected chi connectivity index (χ0v) is 27.3. The molecule has 9 rings (SSSR count). The van der Waals surface area contributed by atoms with Gasteiger partial charge in [0.15, 0.2) is 5.96 Å². The van der Waals surface area contributed by atoms with E-state index in [0.29, 0.717) is 18.9 Å². The van der Waals surface area contributed by atoms with Gasteiger partial charge in [-0.1, -0.05) is 72.0 Å². The summed E-state index contributed by atoms with van der Waals surface area (Å²) in [5.74, 6) is 7.42. The first-order chi connectivity index (χ1) is 22.7. The Morgan fingerprint density at radius 3 is 2.66 bits per heavy atom. The Labute approximate surface area is 277 Å². The SMILES string of the molecule is CC1(O)C2CCC3C4C1CC(O)C4(O)CC(NC(N)=NCCc1ccccc1)C#CC1CCC=C(Cc4cc5ccccc5[nH]4)C13C2. The number of aromatic amines is 1. The summed E-state index contributed by atoms with van der Waals surface area (Å²) < 4.78 is 0. The second kappa shape index (κ2) is 11.5. The number of H-pyrrole nitrogens is 1. The van der Waals surface area contributed by atoms with Crippen LogP contribution in [0.15, 0.2) is 77.3 Å². The Kier molecular flexibility index (Phi) is 7.55. The number of guanidine groups is 1. The third-order valence-corrected chi connectivity index (χ3v) is 13.0. The van der Waals surface area contributed by atoms with E-state index in [1.54, 1.807) is 0 Å². The minimum absolute atomic E-state index is 0.0786. The van der Waals surface area contributed by atoms with Crippen LogP contribution in [0.5, 0.6) is 0 Å². The van der Waals surface area contributed by atoms with Crippen molar-refractivity contribution >= 4 is 16.9 Å². The van der Waals surface area contributed by atoms with Crippen molar-refractivity contribution in [3.8, 4) is 11.8 Å². The first-order valence-corrected chi connectivity index (χ1v) is 17.7. The van der Waals surface area contributed by atoms with Crippen molar-refractivity contribution in [2.75, 3.05) is 6.54 Å². The maximum absolute atomic E-state index is 12.8. The molecule has 4 bridgehead atoms. The number of nitrogens with zero attached hydrogens (tertiary/aromatic N) is 1. The van der Waals surface area contributed by atoms with Crippen LogP contribution in [0.3, 0.4) is 0 Å². The van der Waals surface area contributed by atoms with Crippen LogP contribution < -0.4 is 11.1 Å². The average Bonchev–Trinajstić information content (AvgIpc) is 3.54. The molecule has 3 aromatic rings. The highest BCUT2D eigenvalue weighted by Crippen LogP contribution is 2.70. The monoisotopic (exact) mass is 632 g/mol. The highest BCUT2D eigenvalue weighted by molar-refractivity contribution is 5.80. The molecular weight excluding hydrogens is 584 g/mol. The van der Waals surface area contributed by atoms with E-state index in [4.69, 9.17) is 5.73 Å². The smallest absolute Gasteiger partial charge is 0.189 e. The lowest BCUT2D eigenvalue weighted by atomic mass is 9.49. The van der Waals surface area contributed by atoms with E-state index in [9.17, 15) is 15.3 Å². The van der Waals surface area contributed by atoms with Gasteiger partial charge in [-0.15, -0.1) is 0 Å². The second-order valence-corrected chi connectivity index (χ2v) is 15.3. The molecule has 6 aliphatic rings. The van der Waals surface area contributed by atoms with E-state index < -0.39 is 23.3 Å². The number of para-hydroxylation sites is 1. The molecule has 2 aromatic carbocycles. The van der Waals surface area contributed by atoms with Gasteiger partial charge in [-0.25, -0.2) is 0 Å². The van der Waals surface area contributed by atoms with Crippen LogP contribution >= 0.6 is 0 Å². The van der Waals surface area contributed by atoms with Gasteiger partial charge in [0.2, 0.25) is 0 Å². The van der Waals surface area contributed by atoms with Gasteiger partial charge in [-0.3, -0.25) is 4.99 Å². The topological polar surface area (TPSA) is 127 Å². The molecule has 7 N–H and O–H groups in total. The van der Waals surface area contributed by atoms with Crippen LogP contribution in [0, 0.1) is 46.8 Å². The lowest BCUT2D eigenvalue weighted by Gasteiger charge is -2.55. The molecule has 4 fully saturated rings. The first-order valence-electron chi connectivity index (χ1n) is 17.7. The van der Waals surface area contributed by atoms with E-state index >= 15 is 0 Å². The van der Waals surface area contributed by atoms with Crippen LogP contribution in [0.1, 0.15) is 63.1 Å². The molecule has 246 valence electrons. The Morgan fingerprint density at radius 2 is 1.83 bits per heavy atom. The number of aromatic nitrogens is 1. The Morgan fingerprint density at radius 1 is 1.02 bits per heavy atom. The van der Waals surface area contributed by atoms with Crippen molar-refractivity contribution in [1.82, 2.24) is 10.3 Å². The number of fused-ring (bicyclic) bond motifs is 2. The molecule has 4 saturated carbocycles. The van der Waals surface area contributed by atoms with Gasteiger partial charge >= 0.3 is 0 Å². The zero-order chi connectivity index (χ0) is 32.4. The Bertz CT molecular complexity index is 1730. The molecule has 7 heteroatoms. The number of nitrogens with one attached hydrogen (secondary N) is 2. The number of benzene rings is 2. The summed E-state index contributed by atoms with van der Waals surface area (Å²) in [4.78, 5) is 8.28. The minimum Gasteiger partial charge on any atom is -0.390 e. The number of aliphatic hydroxyl groups is 3. The molecule has 0 aliphatic heterocycles. The zero-order valence-electron chi connectivity index (χ0n) is 27.3. The molecule has 0 amide bonds. The van der Waals surface area contributed by atoms with E-state index in [1.807, 2.05) is 25.1 Å². The molecule has 10 atom stereocenters. The van der Waals surface area contributed by atoms with E-state index in [-0.39, 0.29) is 41.4 Å². The number of aliphatic hydroxyl groups excluding tert-OH is 1. The molecule has 6 aliphatic carbocycles. The van der Waals surface area contributed by atoms with Crippen molar-refractivity contribution in [3.63, 3.8) is 0 Å². The maximum atomic E-state index is 12.8. The third-order valence-electron chi connectivity index (χ3n) is 13.0. The number of rotatable bonds is 6. The summed E-state index contributed by atoms with van der Waals surface area (Å²) in [7, 11) is 0. The number of hydrogen-bond donors (Lipinski definition) is 6. The van der Waals surface area contributed by atoms with Crippen molar-refractivity contribution < 1.29 is 15.3 Å². The van der Waals surface area contributed by atoms with Crippen LogP contribution in [0.25, 0.3) is 10.9 Å². The highest BCUT2D eigenvalue weighted by Gasteiger charge is 2.70. The Balaban J connectivity index is 1.19. The van der Waals surface area contributed by atoms with Gasteiger partial charge in [-0.05, 0) is 98.6 Å². The van der Waals surface area contributed by atoms with Crippen LogP contribution in [-0.4, -0.2) is 56.2 Å². The predicted octanol–water partition coefficient (Wildman–Crippen LogP) is 4.86. The average molecular weight is 633 g/mol. The standard InChI is InChI=1S/C40H48N4O3/c1-38(46)29-15-17-32-36-33(38)22-35(45)40(36,47)24-30(44-37(41)42-19-18-25-8-3-2-4-9-25)16-14-27-11-7-12-28(39(27,32)23-29)21-31-20-26-10-5-6-13-34(26)43-31/h2-6,8-10,12-13,20,27,29-30,32-33,35-36,43,45-47H,7,11,15,17-19,21-24H2,1H3,(H3,41,42,44). The fourth-order valence-corrected chi connectivity index (χ4v) is 10.8. The van der Waals surface area contributed by atoms with Gasteiger partial charge in [0, 0.05) is 41.9 Å². The predicted molar refractivity (Wildman–Crippen MR) is 185 cm³/mol. The van der Waals surface area contributed by atoms with Gasteiger partial charge in [0.25, 0.3) is 0 Å². The molecule has 7 nitrogen and oxygen atoms in total. The Hall–Kier alpha value is -3.57. The molecule has 1 spiro atoms. The molecule has 1 aromatic heterocycles. The summed E-state index contributed by atoms with van der Waals surface area (Å²) >= 11 is 0. The van der Waals surface area contributed by atoms with Crippen molar-refractivity contribution in [2.45, 2.75) is 88.1 Å². The van der Waals surface area contributed by atoms with Gasteiger partial charge in [0.05, 0.1) is 23.3 Å². The maximum Gasteiger partial charge on any atom is 0.189 e. The van der Waals surface area contributed by atoms with E-state index in [2.05, 4.69) is 75.7 Å². The molecule has 10 unspecified atom stereocenters. The van der Waals surface area contributed by atoms with Gasteiger partial charge < -0.3 is 31.4 Å². The van der Waals surface area contributed by atoms with E-state index in [1.165, 1.54) is 22.2 Å². The van der Waals surface area contributed by atoms with Crippen molar-refractivity contribution in [1.29, 1.82) is 0 Å². The summed E-state index contributed by atoms with van der Waals surface area (Å²) in [6.07, 6.45) is 8.29. The quantitative estimate of drug-likeness (QED) is 0.100. The third kappa shape index (κ3) is 5.03. The fourth-order valence-electron chi connectivity index (χ4n) is 10.8. The minimum atomic E-state index is -1.42. The lowest BCUT2D eigenvalue weighted by Crippen LogP contribution is -2.56. The summed E-state index contributed by atoms with van der Waals surface area (Å²) in [5, 5.41) is 41.5. The van der Waals surface area contributed by atoms with E-state index in [0.717, 1.165) is 50.5 Å². The largest absolute Gasteiger partial charge is 0.390 e. The molecule has 1 heterocycles. The molecule has 0 radical (unpaired) electrons. The summed E-state index contributed by atoms with van der Waals surface area (Å²) in [6, 6.07) is 20.4. The number of nitrogens with two attached hydrogens (primary N) is 1. The first kappa shape index (κ1) is 30.7. The molecular formula is C40H48N4O3. The number of hydrogen-bond acceptors (Lipinski definition) is 4. The highest BCUT2D eigenvalue weighted by atomic mass is 16.3. The van der Waals surface area contributed by atoms with Crippen molar-refractivity contribution in [3.05, 3.63) is 83.6 Å². The molecule has 47 heavy (non-hydrogen) atoms. The van der Waals surface area contributed by atoms with Gasteiger partial charge in [-0.2, -0.15) is 0 Å². The van der Waals surface area contributed by atoms with Crippen molar-refractivity contribution in [2.24, 2.45) is 45.7 Å². The lowest BCUT2D eigenvalue weighted by molar-refractivity contribution is -0.126. The molecule has 0 saturated heterocycles. The second-order valence-electron chi connectivity index (χ2n) is 15.3. The van der Waals surface area contributed by atoms with Gasteiger partial charge in [0.1, 0.15) is 0 Å². The summed E-state index contributed by atoms with van der Waals surface area (Å²) in [5.41, 5.74) is 8.66. The fraction of sp³-hybridized carbons (Fsp3) is 0.525. The number of aliphatic imine (C=N–C) groups is 1. The normalized spacial score (nSPS) is 39.1. The van der Waals surface area contributed by atoms with Crippen LogP contribution in [0.4, 0.5) is 0 Å². The number of allylic oxidation sites excluding steroid dienone is 2. The van der Waals surface area contributed by atoms with Crippen LogP contribution in [-0.2, 0) is 12.8 Å². The van der Waals surface area contributed by atoms with Crippen LogP contribution in [0.2, 0.25) is 0 Å².